The first kappa shape index (κ1) is 17.7. The largest absolute Gasteiger partial charge is 0.466 e. The van der Waals surface area contributed by atoms with Crippen molar-refractivity contribution in [2.45, 2.75) is 32.2 Å². The van der Waals surface area contributed by atoms with Gasteiger partial charge in [0, 0.05) is 23.6 Å². The highest BCUT2D eigenvalue weighted by Crippen LogP contribution is 2.26. The Kier molecular flexibility index (Phi) is 6.38. The number of carbonyl (C=O) groups is 2. The van der Waals surface area contributed by atoms with Crippen molar-refractivity contribution in [3.05, 3.63) is 28.5 Å². The highest BCUT2D eigenvalue weighted by Gasteiger charge is 2.24. The van der Waals surface area contributed by atoms with Crippen molar-refractivity contribution in [3.8, 4) is 0 Å². The summed E-state index contributed by atoms with van der Waals surface area (Å²) >= 11 is 3.24. The molecule has 0 aromatic heterocycles. The zero-order chi connectivity index (χ0) is 16.8. The van der Waals surface area contributed by atoms with Crippen molar-refractivity contribution in [3.63, 3.8) is 0 Å². The average molecular weight is 387 g/mol. The number of rotatable bonds is 5. The lowest BCUT2D eigenvalue weighted by Crippen LogP contribution is -2.48. The third kappa shape index (κ3) is 5.20. The average Bonchev–Trinajstić information content (AvgIpc) is 2.47. The van der Waals surface area contributed by atoms with E-state index in [0.29, 0.717) is 16.7 Å². The van der Waals surface area contributed by atoms with Gasteiger partial charge < -0.3 is 15.0 Å². The first-order valence-electron chi connectivity index (χ1n) is 7.64. The molecule has 1 heterocycles. The smallest absolute Gasteiger partial charge is 0.315 e. The molecule has 1 saturated heterocycles. The molecular formula is C16H20BrFN2O3. The van der Waals surface area contributed by atoms with Crippen LogP contribution in [0.2, 0.25) is 0 Å². The summed E-state index contributed by atoms with van der Waals surface area (Å²) in [5, 5.41) is 2.83. The number of anilines is 1. The molecule has 1 aromatic rings. The third-order valence-electron chi connectivity index (χ3n) is 3.65. The molecule has 0 saturated carbocycles. The number of halogens is 2. The Morgan fingerprint density at radius 3 is 2.96 bits per heavy atom. The summed E-state index contributed by atoms with van der Waals surface area (Å²) in [6.07, 6.45) is 1.38. The molecule has 0 bridgehead atoms. The minimum atomic E-state index is -0.531. The standard InChI is InChI=1S/C16H20BrFN2O3/c1-2-23-16(22)9-15(21)19-12-4-3-7-20(10-12)14-6-5-11(17)8-13(14)18/h5-6,8,12H,2-4,7,9-10H2,1H3,(H,19,21). The Hall–Kier alpha value is -1.63. The fourth-order valence-corrected chi connectivity index (χ4v) is 3.01. The SMILES string of the molecule is CCOC(=O)CC(=O)NC1CCCN(c2ccc(Br)cc2F)C1. The summed E-state index contributed by atoms with van der Waals surface area (Å²) in [5.41, 5.74) is 0.526. The van der Waals surface area contributed by atoms with Crippen LogP contribution in [0.5, 0.6) is 0 Å². The maximum absolute atomic E-state index is 14.1. The lowest BCUT2D eigenvalue weighted by atomic mass is 10.0. The first-order chi connectivity index (χ1) is 11.0. The van der Waals surface area contributed by atoms with Crippen LogP contribution in [0, 0.1) is 5.82 Å². The molecule has 5 nitrogen and oxygen atoms in total. The summed E-state index contributed by atoms with van der Waals surface area (Å²) in [7, 11) is 0. The molecule has 7 heteroatoms. The van der Waals surface area contributed by atoms with Gasteiger partial charge in [-0.1, -0.05) is 15.9 Å². The van der Waals surface area contributed by atoms with E-state index in [2.05, 4.69) is 21.2 Å². The van der Waals surface area contributed by atoms with Crippen molar-refractivity contribution >= 4 is 33.5 Å². The monoisotopic (exact) mass is 386 g/mol. The molecule has 1 amide bonds. The number of piperidine rings is 1. The number of esters is 1. The van der Waals surface area contributed by atoms with E-state index in [1.165, 1.54) is 6.07 Å². The quantitative estimate of drug-likeness (QED) is 0.624. The van der Waals surface area contributed by atoms with E-state index < -0.39 is 5.97 Å². The van der Waals surface area contributed by atoms with Crippen LogP contribution in [0.3, 0.4) is 0 Å². The van der Waals surface area contributed by atoms with Crippen molar-refractivity contribution < 1.29 is 18.7 Å². The van der Waals surface area contributed by atoms with E-state index in [1.807, 2.05) is 4.90 Å². The topological polar surface area (TPSA) is 58.6 Å². The Labute approximate surface area is 143 Å². The number of benzene rings is 1. The summed E-state index contributed by atoms with van der Waals surface area (Å²) in [4.78, 5) is 25.1. The van der Waals surface area contributed by atoms with Gasteiger partial charge in [0.15, 0.2) is 0 Å². The molecule has 126 valence electrons. The Bertz CT molecular complexity index is 582. The van der Waals surface area contributed by atoms with Crippen molar-refractivity contribution in [2.75, 3.05) is 24.6 Å². The second-order valence-corrected chi connectivity index (χ2v) is 6.35. The second kappa shape index (κ2) is 8.29. The number of hydrogen-bond donors (Lipinski definition) is 1. The van der Waals surface area contributed by atoms with E-state index in [0.717, 1.165) is 19.4 Å². The molecule has 2 rings (SSSR count). The summed E-state index contributed by atoms with van der Waals surface area (Å²) in [5.74, 6) is -1.18. The predicted octanol–water partition coefficient (Wildman–Crippen LogP) is 2.63. The molecule has 1 N–H and O–H groups in total. The van der Waals surface area contributed by atoms with E-state index >= 15 is 0 Å². The lowest BCUT2D eigenvalue weighted by Gasteiger charge is -2.35. The molecule has 1 aromatic carbocycles. The van der Waals surface area contributed by atoms with Crippen LogP contribution in [0.1, 0.15) is 26.2 Å². The lowest BCUT2D eigenvalue weighted by molar-refractivity contribution is -0.146. The van der Waals surface area contributed by atoms with Gasteiger partial charge in [-0.3, -0.25) is 9.59 Å². The summed E-state index contributed by atoms with van der Waals surface area (Å²) in [6, 6.07) is 4.84. The normalized spacial score (nSPS) is 17.7. The van der Waals surface area contributed by atoms with Gasteiger partial charge in [-0.15, -0.1) is 0 Å². The summed E-state index contributed by atoms with van der Waals surface area (Å²) < 4.78 is 19.5. The number of amides is 1. The van der Waals surface area contributed by atoms with Gasteiger partial charge in [-0.05, 0) is 38.0 Å². The fraction of sp³-hybridized carbons (Fsp3) is 0.500. The number of ether oxygens (including phenoxy) is 1. The first-order valence-corrected chi connectivity index (χ1v) is 8.44. The molecule has 0 spiro atoms. The van der Waals surface area contributed by atoms with Crippen LogP contribution < -0.4 is 10.2 Å². The van der Waals surface area contributed by atoms with Gasteiger partial charge in [0.1, 0.15) is 12.2 Å². The van der Waals surface area contributed by atoms with E-state index in [9.17, 15) is 14.0 Å². The predicted molar refractivity (Wildman–Crippen MR) is 88.7 cm³/mol. The third-order valence-corrected chi connectivity index (χ3v) is 4.14. The molecule has 0 radical (unpaired) electrons. The van der Waals surface area contributed by atoms with Gasteiger partial charge in [-0.2, -0.15) is 0 Å². The van der Waals surface area contributed by atoms with Gasteiger partial charge in [0.25, 0.3) is 0 Å². The molecule has 1 fully saturated rings. The maximum Gasteiger partial charge on any atom is 0.315 e. The maximum atomic E-state index is 14.1. The Morgan fingerprint density at radius 2 is 2.26 bits per heavy atom. The van der Waals surface area contributed by atoms with Crippen molar-refractivity contribution in [1.29, 1.82) is 0 Å². The zero-order valence-corrected chi connectivity index (χ0v) is 14.6. The zero-order valence-electron chi connectivity index (χ0n) is 13.0. The molecule has 1 unspecified atom stereocenters. The van der Waals surface area contributed by atoms with Crippen LogP contribution in [0.15, 0.2) is 22.7 Å². The molecule has 0 aliphatic carbocycles. The van der Waals surface area contributed by atoms with Gasteiger partial charge in [0.2, 0.25) is 5.91 Å². The highest BCUT2D eigenvalue weighted by molar-refractivity contribution is 9.10. The van der Waals surface area contributed by atoms with Crippen molar-refractivity contribution in [2.24, 2.45) is 0 Å². The van der Waals surface area contributed by atoms with Gasteiger partial charge in [-0.25, -0.2) is 4.39 Å². The second-order valence-electron chi connectivity index (χ2n) is 5.43. The number of nitrogens with one attached hydrogen (secondary N) is 1. The highest BCUT2D eigenvalue weighted by atomic mass is 79.9. The Morgan fingerprint density at radius 1 is 1.48 bits per heavy atom. The number of nitrogens with zero attached hydrogens (tertiary/aromatic N) is 1. The Balaban J connectivity index is 1.93. The van der Waals surface area contributed by atoms with Crippen LogP contribution >= 0.6 is 15.9 Å². The van der Waals surface area contributed by atoms with E-state index in [1.54, 1.807) is 19.1 Å². The van der Waals surface area contributed by atoms with Gasteiger partial charge >= 0.3 is 5.97 Å². The molecule has 1 atom stereocenters. The van der Waals surface area contributed by atoms with Crippen LogP contribution in [0.25, 0.3) is 0 Å². The van der Waals surface area contributed by atoms with Gasteiger partial charge in [0.05, 0.1) is 12.3 Å². The molecular weight excluding hydrogens is 367 g/mol. The van der Waals surface area contributed by atoms with E-state index in [-0.39, 0.29) is 30.8 Å². The van der Waals surface area contributed by atoms with Crippen LogP contribution in [-0.4, -0.2) is 37.6 Å². The molecule has 1 aliphatic heterocycles. The fourth-order valence-electron chi connectivity index (χ4n) is 2.67. The van der Waals surface area contributed by atoms with Crippen LogP contribution in [-0.2, 0) is 14.3 Å². The number of carbonyl (C=O) groups excluding carboxylic acids is 2. The van der Waals surface area contributed by atoms with Crippen molar-refractivity contribution in [1.82, 2.24) is 5.32 Å². The molecule has 23 heavy (non-hydrogen) atoms. The number of hydrogen-bond acceptors (Lipinski definition) is 4. The molecule has 1 aliphatic rings. The van der Waals surface area contributed by atoms with E-state index in [4.69, 9.17) is 4.74 Å². The summed E-state index contributed by atoms with van der Waals surface area (Å²) in [6.45, 7) is 3.21. The van der Waals surface area contributed by atoms with Crippen LogP contribution in [0.4, 0.5) is 10.1 Å². The minimum Gasteiger partial charge on any atom is -0.466 e. The minimum absolute atomic E-state index is 0.103.